The van der Waals surface area contributed by atoms with Crippen molar-refractivity contribution in [3.8, 4) is 0 Å². The number of hydrogen-bond donors (Lipinski definition) is 2. The first-order valence-electron chi connectivity index (χ1n) is 22.1. The van der Waals surface area contributed by atoms with Gasteiger partial charge in [0.1, 0.15) is 11.2 Å². The quantitative estimate of drug-likeness (QED) is 0.0732. The Morgan fingerprint density at radius 2 is 1.00 bits per heavy atom. The standard InChI is InChI=1S/C44H80N4O9/c1-9-11-13-15-17-19-25-47(26-20-18-16-14-12-10-2)41(55)35-21-23-36(24-22-35)44(33-45(29-37(49)50)27-28-46(34-44)30-38(51)52)48(31-39(53)56-42(3,4)5)32-40(54)57-43(6,7)8/h35-36H,9-34H2,1-8H3,(H,49,50)(H,51,52). The van der Waals surface area contributed by atoms with E-state index in [0.29, 0.717) is 38.8 Å². The smallest absolute Gasteiger partial charge is 0.320 e. The zero-order valence-electron chi connectivity index (χ0n) is 37.1. The maximum atomic E-state index is 14.3. The Morgan fingerprint density at radius 1 is 0.614 bits per heavy atom. The number of carbonyl (C=O) groups is 5. The molecule has 13 heteroatoms. The van der Waals surface area contributed by atoms with Crippen molar-refractivity contribution in [2.45, 2.75) is 175 Å². The van der Waals surface area contributed by atoms with Crippen LogP contribution < -0.4 is 0 Å². The molecule has 13 nitrogen and oxygen atoms in total. The van der Waals surface area contributed by atoms with Crippen molar-refractivity contribution in [1.29, 1.82) is 0 Å². The number of ether oxygens (including phenoxy) is 2. The molecule has 2 rings (SSSR count). The van der Waals surface area contributed by atoms with Gasteiger partial charge >= 0.3 is 23.9 Å². The molecule has 1 saturated carbocycles. The number of carbonyl (C=O) groups excluding carboxylic acids is 3. The van der Waals surface area contributed by atoms with Crippen LogP contribution in [0.15, 0.2) is 0 Å². The number of carboxylic acid groups (broad SMARTS) is 2. The maximum Gasteiger partial charge on any atom is 0.320 e. The molecular weight excluding hydrogens is 729 g/mol. The van der Waals surface area contributed by atoms with Crippen LogP contribution in [-0.4, -0.2) is 142 Å². The number of carboxylic acids is 2. The minimum atomic E-state index is -1.04. The molecule has 1 aliphatic carbocycles. The van der Waals surface area contributed by atoms with Crippen molar-refractivity contribution >= 4 is 29.8 Å². The zero-order chi connectivity index (χ0) is 42.6. The molecule has 0 bridgehead atoms. The number of rotatable bonds is 25. The Morgan fingerprint density at radius 3 is 1.37 bits per heavy atom. The van der Waals surface area contributed by atoms with E-state index in [1.807, 2.05) is 0 Å². The minimum Gasteiger partial charge on any atom is -0.480 e. The van der Waals surface area contributed by atoms with Gasteiger partial charge in [-0.3, -0.25) is 38.7 Å². The molecule has 330 valence electrons. The van der Waals surface area contributed by atoms with Crippen molar-refractivity contribution in [3.05, 3.63) is 0 Å². The van der Waals surface area contributed by atoms with E-state index >= 15 is 0 Å². The highest BCUT2D eigenvalue weighted by Crippen LogP contribution is 2.42. The van der Waals surface area contributed by atoms with Gasteiger partial charge in [-0.1, -0.05) is 78.1 Å². The minimum absolute atomic E-state index is 0.167. The van der Waals surface area contributed by atoms with Gasteiger partial charge in [-0.05, 0) is 86.0 Å². The Balaban J connectivity index is 2.50. The number of aliphatic carboxylic acids is 2. The highest BCUT2D eigenvalue weighted by Gasteiger charge is 2.51. The Bertz CT molecular complexity index is 1170. The van der Waals surface area contributed by atoms with Crippen molar-refractivity contribution in [2.75, 3.05) is 65.4 Å². The van der Waals surface area contributed by atoms with Gasteiger partial charge in [-0.15, -0.1) is 0 Å². The van der Waals surface area contributed by atoms with Gasteiger partial charge in [0, 0.05) is 45.2 Å². The average molecular weight is 809 g/mol. The molecule has 2 N–H and O–H groups in total. The maximum absolute atomic E-state index is 14.3. The normalized spacial score (nSPS) is 19.5. The highest BCUT2D eigenvalue weighted by molar-refractivity contribution is 5.79. The highest BCUT2D eigenvalue weighted by atomic mass is 16.6. The van der Waals surface area contributed by atoms with Gasteiger partial charge in [-0.2, -0.15) is 0 Å². The van der Waals surface area contributed by atoms with Crippen molar-refractivity contribution in [3.63, 3.8) is 0 Å². The fourth-order valence-corrected chi connectivity index (χ4v) is 8.70. The first-order valence-corrected chi connectivity index (χ1v) is 22.1. The lowest BCUT2D eigenvalue weighted by molar-refractivity contribution is -0.166. The first kappa shape index (κ1) is 50.4. The van der Waals surface area contributed by atoms with E-state index in [-0.39, 0.29) is 57.0 Å². The van der Waals surface area contributed by atoms with Crippen molar-refractivity contribution < 1.29 is 43.7 Å². The summed E-state index contributed by atoms with van der Waals surface area (Å²) in [7, 11) is 0. The second-order valence-electron chi connectivity index (χ2n) is 18.8. The number of nitrogens with zero attached hydrogens (tertiary/aromatic N) is 4. The van der Waals surface area contributed by atoms with E-state index in [2.05, 4.69) is 18.7 Å². The zero-order valence-corrected chi connectivity index (χ0v) is 37.1. The van der Waals surface area contributed by atoms with E-state index in [1.54, 1.807) is 56.2 Å². The Labute approximate surface area is 344 Å². The molecule has 0 aromatic heterocycles. The van der Waals surface area contributed by atoms with Gasteiger partial charge in [0.2, 0.25) is 5.91 Å². The molecule has 2 fully saturated rings. The number of esters is 2. The molecule has 0 unspecified atom stereocenters. The SMILES string of the molecule is CCCCCCCCN(CCCCCCCC)C(=O)C1CCC(C2(N(CC(=O)OC(C)(C)C)CC(=O)OC(C)(C)C)CN(CC(=O)O)CCN(CC(=O)O)C2)CC1. The van der Waals surface area contributed by atoms with Crippen molar-refractivity contribution in [2.24, 2.45) is 11.8 Å². The molecule has 57 heavy (non-hydrogen) atoms. The molecule has 0 aromatic carbocycles. The summed E-state index contributed by atoms with van der Waals surface area (Å²) < 4.78 is 11.6. The van der Waals surface area contributed by atoms with Gasteiger partial charge in [0.25, 0.3) is 0 Å². The number of hydrogen-bond acceptors (Lipinski definition) is 10. The van der Waals surface area contributed by atoms with Crippen LogP contribution in [0.25, 0.3) is 0 Å². The van der Waals surface area contributed by atoms with E-state index in [4.69, 9.17) is 9.47 Å². The second kappa shape index (κ2) is 25.0. The van der Waals surface area contributed by atoms with Crippen LogP contribution >= 0.6 is 0 Å². The molecule has 1 heterocycles. The molecule has 0 aromatic rings. The second-order valence-corrected chi connectivity index (χ2v) is 18.8. The van der Waals surface area contributed by atoms with E-state index in [1.165, 1.54) is 51.4 Å². The first-order chi connectivity index (χ1) is 26.8. The predicted octanol–water partition coefficient (Wildman–Crippen LogP) is 6.85. The Kier molecular flexibility index (Phi) is 22.1. The molecule has 0 spiro atoms. The van der Waals surface area contributed by atoms with Crippen LogP contribution in [-0.2, 0) is 33.4 Å². The third-order valence-corrected chi connectivity index (χ3v) is 11.3. The number of unbranched alkanes of at least 4 members (excludes halogenated alkanes) is 10. The summed E-state index contributed by atoms with van der Waals surface area (Å²) in [6.45, 7) is 16.4. The van der Waals surface area contributed by atoms with E-state index < -0.39 is 40.6 Å². The van der Waals surface area contributed by atoms with E-state index in [0.717, 1.165) is 38.8 Å². The Hall–Kier alpha value is -2.77. The lowest BCUT2D eigenvalue weighted by Gasteiger charge is -2.52. The largest absolute Gasteiger partial charge is 0.480 e. The summed E-state index contributed by atoms with van der Waals surface area (Å²) in [5.74, 6) is -3.30. The van der Waals surface area contributed by atoms with Gasteiger partial charge in [-0.25, -0.2) is 0 Å². The van der Waals surface area contributed by atoms with Crippen LogP contribution in [0.1, 0.15) is 158 Å². The molecule has 1 amide bonds. The average Bonchev–Trinajstić information content (AvgIpc) is 3.27. The monoisotopic (exact) mass is 809 g/mol. The van der Waals surface area contributed by atoms with E-state index in [9.17, 15) is 34.2 Å². The summed E-state index contributed by atoms with van der Waals surface area (Å²) in [6.07, 6.45) is 16.3. The van der Waals surface area contributed by atoms with Crippen molar-refractivity contribution in [1.82, 2.24) is 19.6 Å². The summed E-state index contributed by atoms with van der Waals surface area (Å²) in [5.41, 5.74) is -2.64. The summed E-state index contributed by atoms with van der Waals surface area (Å²) in [6, 6.07) is 0. The summed E-state index contributed by atoms with van der Waals surface area (Å²) >= 11 is 0. The molecule has 0 radical (unpaired) electrons. The van der Waals surface area contributed by atoms with Crippen LogP contribution in [0.5, 0.6) is 0 Å². The van der Waals surface area contributed by atoms with Crippen LogP contribution in [0.3, 0.4) is 0 Å². The fraction of sp³-hybridized carbons (Fsp3) is 0.886. The van der Waals surface area contributed by atoms with Crippen LogP contribution in [0.4, 0.5) is 0 Å². The summed E-state index contributed by atoms with van der Waals surface area (Å²) in [5, 5.41) is 19.9. The molecule has 1 aliphatic heterocycles. The van der Waals surface area contributed by atoms with Gasteiger partial charge < -0.3 is 24.6 Å². The topological polar surface area (TPSA) is 157 Å². The lowest BCUT2D eigenvalue weighted by atomic mass is 9.69. The molecule has 2 aliphatic rings. The fourth-order valence-electron chi connectivity index (χ4n) is 8.70. The molecule has 0 atom stereocenters. The summed E-state index contributed by atoms with van der Waals surface area (Å²) in [4.78, 5) is 73.5. The number of amides is 1. The van der Waals surface area contributed by atoms with Crippen LogP contribution in [0.2, 0.25) is 0 Å². The third kappa shape index (κ3) is 19.7. The molecular formula is C44H80N4O9. The lowest BCUT2D eigenvalue weighted by Crippen LogP contribution is -2.66. The predicted molar refractivity (Wildman–Crippen MR) is 223 cm³/mol. The van der Waals surface area contributed by atoms with Gasteiger partial charge in [0.05, 0.1) is 31.7 Å². The van der Waals surface area contributed by atoms with Gasteiger partial charge in [0.15, 0.2) is 0 Å². The third-order valence-electron chi connectivity index (χ3n) is 11.3. The molecule has 1 saturated heterocycles. The van der Waals surface area contributed by atoms with Crippen LogP contribution in [0, 0.1) is 11.8 Å².